The van der Waals surface area contributed by atoms with Crippen molar-refractivity contribution in [1.82, 2.24) is 0 Å². The van der Waals surface area contributed by atoms with Gasteiger partial charge in [-0.05, 0) is 64.4 Å². The molecule has 0 spiro atoms. The first kappa shape index (κ1) is 20.3. The highest BCUT2D eigenvalue weighted by atomic mass is 16.6. The number of carbonyl (C=O) groups is 2. The maximum Gasteiger partial charge on any atom is 0.412 e. The van der Waals surface area contributed by atoms with Crippen molar-refractivity contribution in [2.24, 2.45) is 0 Å². The Morgan fingerprint density at radius 2 is 1.67 bits per heavy atom. The molecule has 6 heteroatoms. The van der Waals surface area contributed by atoms with E-state index < -0.39 is 11.7 Å². The maximum absolute atomic E-state index is 12.6. The lowest BCUT2D eigenvalue weighted by Gasteiger charge is -2.20. The third-order valence-corrected chi connectivity index (χ3v) is 3.73. The summed E-state index contributed by atoms with van der Waals surface area (Å²) in [6.07, 6.45) is -0.598. The van der Waals surface area contributed by atoms with Crippen LogP contribution in [-0.4, -0.2) is 24.7 Å². The Bertz CT molecular complexity index is 854. The van der Waals surface area contributed by atoms with Gasteiger partial charge in [-0.1, -0.05) is 17.7 Å². The third kappa shape index (κ3) is 5.74. The number of nitrogens with one attached hydrogen (secondary N) is 2. The maximum atomic E-state index is 12.6. The number of hydrogen-bond donors (Lipinski definition) is 2. The van der Waals surface area contributed by atoms with Gasteiger partial charge in [-0.3, -0.25) is 10.1 Å². The van der Waals surface area contributed by atoms with E-state index in [0.29, 0.717) is 22.7 Å². The van der Waals surface area contributed by atoms with Crippen LogP contribution in [0, 0.1) is 13.8 Å². The first-order valence-corrected chi connectivity index (χ1v) is 8.65. The normalized spacial score (nSPS) is 10.9. The molecule has 2 amide bonds. The van der Waals surface area contributed by atoms with Crippen LogP contribution in [0.1, 0.15) is 42.3 Å². The van der Waals surface area contributed by atoms with E-state index in [9.17, 15) is 9.59 Å². The van der Waals surface area contributed by atoms with Crippen LogP contribution in [0.4, 0.5) is 16.2 Å². The van der Waals surface area contributed by atoms with E-state index in [1.54, 1.807) is 39.0 Å². The molecule has 2 rings (SSSR count). The molecular weight excluding hydrogens is 344 g/mol. The summed E-state index contributed by atoms with van der Waals surface area (Å²) < 4.78 is 10.5. The summed E-state index contributed by atoms with van der Waals surface area (Å²) in [5, 5.41) is 5.51. The van der Waals surface area contributed by atoms with Crippen LogP contribution >= 0.6 is 0 Å². The van der Waals surface area contributed by atoms with Crippen molar-refractivity contribution < 1.29 is 19.1 Å². The van der Waals surface area contributed by atoms with Gasteiger partial charge in [0, 0.05) is 11.3 Å². The second-order valence-corrected chi connectivity index (χ2v) is 7.31. The fraction of sp³-hybridized carbons (Fsp3) is 0.333. The Labute approximate surface area is 159 Å². The SMILES string of the molecule is COc1ccc(NC(=O)c2cc(C)ccc2C)cc1NC(=O)OC(C)(C)C. The van der Waals surface area contributed by atoms with E-state index in [4.69, 9.17) is 9.47 Å². The van der Waals surface area contributed by atoms with Gasteiger partial charge in [0.1, 0.15) is 11.4 Å². The number of anilines is 2. The predicted molar refractivity (Wildman–Crippen MR) is 107 cm³/mol. The third-order valence-electron chi connectivity index (χ3n) is 3.73. The second kappa shape index (κ2) is 8.12. The summed E-state index contributed by atoms with van der Waals surface area (Å²) >= 11 is 0. The van der Waals surface area contributed by atoms with Gasteiger partial charge < -0.3 is 14.8 Å². The van der Waals surface area contributed by atoms with Gasteiger partial charge in [-0.2, -0.15) is 0 Å². The van der Waals surface area contributed by atoms with Gasteiger partial charge in [0.05, 0.1) is 12.8 Å². The van der Waals surface area contributed by atoms with E-state index in [0.717, 1.165) is 11.1 Å². The monoisotopic (exact) mass is 370 g/mol. The number of methoxy groups -OCH3 is 1. The molecule has 0 saturated heterocycles. The van der Waals surface area contributed by atoms with Crippen molar-refractivity contribution in [1.29, 1.82) is 0 Å². The topological polar surface area (TPSA) is 76.7 Å². The van der Waals surface area contributed by atoms with Gasteiger partial charge in [0.15, 0.2) is 0 Å². The molecule has 0 aliphatic carbocycles. The Kier molecular flexibility index (Phi) is 6.10. The standard InChI is InChI=1S/C21H26N2O4/c1-13-7-8-14(2)16(11-13)19(24)22-15-9-10-18(26-6)17(12-15)23-20(25)27-21(3,4)5/h7-12H,1-6H3,(H,22,24)(H,23,25). The molecule has 2 N–H and O–H groups in total. The van der Waals surface area contributed by atoms with Crippen LogP contribution in [0.3, 0.4) is 0 Å². The minimum absolute atomic E-state index is 0.218. The van der Waals surface area contributed by atoms with Crippen LogP contribution in [0.25, 0.3) is 0 Å². The molecule has 0 unspecified atom stereocenters. The highest BCUT2D eigenvalue weighted by molar-refractivity contribution is 6.05. The van der Waals surface area contributed by atoms with Crippen LogP contribution in [-0.2, 0) is 4.74 Å². The fourth-order valence-corrected chi connectivity index (χ4v) is 2.48. The van der Waals surface area contributed by atoms with E-state index in [-0.39, 0.29) is 5.91 Å². The van der Waals surface area contributed by atoms with Gasteiger partial charge >= 0.3 is 6.09 Å². The quantitative estimate of drug-likeness (QED) is 0.801. The van der Waals surface area contributed by atoms with Gasteiger partial charge in [-0.15, -0.1) is 0 Å². The molecule has 6 nitrogen and oxygen atoms in total. The fourth-order valence-electron chi connectivity index (χ4n) is 2.48. The number of amides is 2. The lowest BCUT2D eigenvalue weighted by molar-refractivity contribution is 0.0635. The summed E-state index contributed by atoms with van der Waals surface area (Å²) in [4.78, 5) is 24.7. The van der Waals surface area contributed by atoms with E-state index in [2.05, 4.69) is 10.6 Å². The highest BCUT2D eigenvalue weighted by Gasteiger charge is 2.18. The zero-order valence-electron chi connectivity index (χ0n) is 16.6. The molecular formula is C21H26N2O4. The highest BCUT2D eigenvalue weighted by Crippen LogP contribution is 2.29. The minimum Gasteiger partial charge on any atom is -0.495 e. The largest absolute Gasteiger partial charge is 0.495 e. The molecule has 27 heavy (non-hydrogen) atoms. The molecule has 2 aromatic rings. The molecule has 0 fully saturated rings. The molecule has 0 aliphatic heterocycles. The summed E-state index contributed by atoms with van der Waals surface area (Å²) in [5.41, 5.74) is 2.82. The average Bonchev–Trinajstić information content (AvgIpc) is 2.55. The number of carbonyl (C=O) groups excluding carboxylic acids is 2. The van der Waals surface area contributed by atoms with Crippen LogP contribution < -0.4 is 15.4 Å². The van der Waals surface area contributed by atoms with Crippen LogP contribution in [0.15, 0.2) is 36.4 Å². The van der Waals surface area contributed by atoms with Crippen molar-refractivity contribution in [2.45, 2.75) is 40.2 Å². The summed E-state index contributed by atoms with van der Waals surface area (Å²) in [5.74, 6) is 0.246. The number of hydrogen-bond acceptors (Lipinski definition) is 4. The number of ether oxygens (including phenoxy) is 2. The summed E-state index contributed by atoms with van der Waals surface area (Å²) in [7, 11) is 1.50. The summed E-state index contributed by atoms with van der Waals surface area (Å²) in [6.45, 7) is 9.17. The zero-order chi connectivity index (χ0) is 20.2. The molecule has 0 atom stereocenters. The molecule has 0 aliphatic rings. The second-order valence-electron chi connectivity index (χ2n) is 7.31. The van der Waals surface area contributed by atoms with Crippen molar-refractivity contribution in [3.63, 3.8) is 0 Å². The first-order valence-electron chi connectivity index (χ1n) is 8.65. The van der Waals surface area contributed by atoms with E-state index in [1.165, 1.54) is 7.11 Å². The summed E-state index contributed by atoms with van der Waals surface area (Å²) in [6, 6.07) is 10.7. The van der Waals surface area contributed by atoms with E-state index >= 15 is 0 Å². The smallest absolute Gasteiger partial charge is 0.412 e. The number of rotatable bonds is 4. The minimum atomic E-state index is -0.619. The first-order chi connectivity index (χ1) is 12.6. The molecule has 0 saturated carbocycles. The molecule has 0 bridgehead atoms. The van der Waals surface area contributed by atoms with Crippen molar-refractivity contribution >= 4 is 23.4 Å². The van der Waals surface area contributed by atoms with Crippen LogP contribution in [0.2, 0.25) is 0 Å². The predicted octanol–water partition coefficient (Wildman–Crippen LogP) is 4.91. The molecule has 0 radical (unpaired) electrons. The van der Waals surface area contributed by atoms with Crippen LogP contribution in [0.5, 0.6) is 5.75 Å². The number of aryl methyl sites for hydroxylation is 2. The lowest BCUT2D eigenvalue weighted by Crippen LogP contribution is -2.27. The molecule has 2 aromatic carbocycles. The Morgan fingerprint density at radius 3 is 2.30 bits per heavy atom. The number of benzene rings is 2. The Balaban J connectivity index is 2.22. The molecule has 0 heterocycles. The average molecular weight is 370 g/mol. The zero-order valence-corrected chi connectivity index (χ0v) is 16.6. The molecule has 0 aromatic heterocycles. The Morgan fingerprint density at radius 1 is 0.963 bits per heavy atom. The molecule has 144 valence electrons. The van der Waals surface area contributed by atoms with E-state index in [1.807, 2.05) is 32.0 Å². The van der Waals surface area contributed by atoms with Crippen molar-refractivity contribution in [3.05, 3.63) is 53.1 Å². The van der Waals surface area contributed by atoms with Crippen molar-refractivity contribution in [3.8, 4) is 5.75 Å². The van der Waals surface area contributed by atoms with Gasteiger partial charge in [0.25, 0.3) is 5.91 Å². The lowest BCUT2D eigenvalue weighted by atomic mass is 10.0. The van der Waals surface area contributed by atoms with Gasteiger partial charge in [-0.25, -0.2) is 4.79 Å². The van der Waals surface area contributed by atoms with Crippen molar-refractivity contribution in [2.75, 3.05) is 17.7 Å². The Hall–Kier alpha value is -3.02. The van der Waals surface area contributed by atoms with Gasteiger partial charge in [0.2, 0.25) is 0 Å².